The maximum absolute atomic E-state index is 5.46. The van der Waals surface area contributed by atoms with Crippen molar-refractivity contribution in [1.29, 1.82) is 0 Å². The van der Waals surface area contributed by atoms with Crippen LogP contribution in [0.4, 0.5) is 0 Å². The fourth-order valence-corrected chi connectivity index (χ4v) is 2.75. The third-order valence-electron chi connectivity index (χ3n) is 1.68. The number of thiophene rings is 1. The SMILES string of the molecule is Cl.NCCc1csc(-c2cccs2)n1. The standard InChI is InChI=1S/C9H10N2S2.ClH/c10-4-3-7-6-13-9(11-7)8-2-1-5-12-8;/h1-2,5-6H,3-4,10H2;1H. The van der Waals surface area contributed by atoms with Gasteiger partial charge < -0.3 is 5.73 Å². The summed E-state index contributed by atoms with van der Waals surface area (Å²) in [6, 6.07) is 4.14. The molecule has 0 aromatic carbocycles. The third-order valence-corrected chi connectivity index (χ3v) is 3.61. The highest BCUT2D eigenvalue weighted by atomic mass is 35.5. The normalized spacial score (nSPS) is 9.79. The summed E-state index contributed by atoms with van der Waals surface area (Å²) < 4.78 is 0. The van der Waals surface area contributed by atoms with E-state index in [0.29, 0.717) is 6.54 Å². The molecule has 0 aliphatic rings. The van der Waals surface area contributed by atoms with E-state index in [2.05, 4.69) is 21.8 Å². The number of aromatic nitrogens is 1. The maximum Gasteiger partial charge on any atom is 0.133 e. The molecule has 0 radical (unpaired) electrons. The van der Waals surface area contributed by atoms with Crippen molar-refractivity contribution < 1.29 is 0 Å². The molecule has 0 fully saturated rings. The number of hydrogen-bond donors (Lipinski definition) is 1. The summed E-state index contributed by atoms with van der Waals surface area (Å²) >= 11 is 3.42. The molecule has 0 atom stereocenters. The highest BCUT2D eigenvalue weighted by Crippen LogP contribution is 2.27. The molecule has 0 saturated heterocycles. The van der Waals surface area contributed by atoms with Crippen molar-refractivity contribution in [3.63, 3.8) is 0 Å². The van der Waals surface area contributed by atoms with Gasteiger partial charge in [0, 0.05) is 11.8 Å². The lowest BCUT2D eigenvalue weighted by molar-refractivity contribution is 0.937. The summed E-state index contributed by atoms with van der Waals surface area (Å²) in [6.07, 6.45) is 0.877. The van der Waals surface area contributed by atoms with Crippen molar-refractivity contribution in [3.05, 3.63) is 28.6 Å². The monoisotopic (exact) mass is 246 g/mol. The van der Waals surface area contributed by atoms with Crippen molar-refractivity contribution in [2.45, 2.75) is 6.42 Å². The summed E-state index contributed by atoms with van der Waals surface area (Å²) in [4.78, 5) is 5.74. The first-order chi connectivity index (χ1) is 6.40. The molecule has 2 heterocycles. The first-order valence-corrected chi connectivity index (χ1v) is 5.84. The molecule has 0 spiro atoms. The summed E-state index contributed by atoms with van der Waals surface area (Å²) in [5, 5.41) is 5.26. The smallest absolute Gasteiger partial charge is 0.133 e. The van der Waals surface area contributed by atoms with E-state index < -0.39 is 0 Å². The van der Waals surface area contributed by atoms with E-state index in [9.17, 15) is 0 Å². The van der Waals surface area contributed by atoms with E-state index in [1.54, 1.807) is 22.7 Å². The lowest BCUT2D eigenvalue weighted by Gasteiger charge is -1.89. The Morgan fingerprint density at radius 1 is 1.36 bits per heavy atom. The molecule has 2 nitrogen and oxygen atoms in total. The molecular weight excluding hydrogens is 236 g/mol. The summed E-state index contributed by atoms with van der Waals surface area (Å²) in [7, 11) is 0. The average molecular weight is 247 g/mol. The Balaban J connectivity index is 0.000000980. The Labute approximate surface area is 97.2 Å². The van der Waals surface area contributed by atoms with Crippen LogP contribution in [0.25, 0.3) is 9.88 Å². The van der Waals surface area contributed by atoms with Gasteiger partial charge in [0.15, 0.2) is 0 Å². The average Bonchev–Trinajstić information content (AvgIpc) is 2.70. The molecule has 0 aliphatic carbocycles. The molecule has 2 aromatic heterocycles. The van der Waals surface area contributed by atoms with E-state index in [0.717, 1.165) is 17.1 Å². The number of nitrogens with zero attached hydrogens (tertiary/aromatic N) is 1. The Morgan fingerprint density at radius 3 is 2.86 bits per heavy atom. The minimum atomic E-state index is 0. The van der Waals surface area contributed by atoms with Crippen molar-refractivity contribution in [1.82, 2.24) is 4.98 Å². The van der Waals surface area contributed by atoms with Gasteiger partial charge in [0.2, 0.25) is 0 Å². The van der Waals surface area contributed by atoms with E-state index in [-0.39, 0.29) is 12.4 Å². The molecule has 0 unspecified atom stereocenters. The van der Waals surface area contributed by atoms with Gasteiger partial charge in [0.25, 0.3) is 0 Å². The maximum atomic E-state index is 5.46. The van der Waals surface area contributed by atoms with Crippen molar-refractivity contribution >= 4 is 35.1 Å². The Hall–Kier alpha value is -0.420. The number of thiazole rings is 1. The zero-order valence-electron chi connectivity index (χ0n) is 7.47. The van der Waals surface area contributed by atoms with Gasteiger partial charge in [0.1, 0.15) is 5.01 Å². The van der Waals surface area contributed by atoms with Crippen LogP contribution in [-0.2, 0) is 6.42 Å². The Morgan fingerprint density at radius 2 is 2.21 bits per heavy atom. The zero-order chi connectivity index (χ0) is 9.10. The molecule has 0 amide bonds. The molecule has 14 heavy (non-hydrogen) atoms. The summed E-state index contributed by atoms with van der Waals surface area (Å²) in [6.45, 7) is 0.674. The van der Waals surface area contributed by atoms with E-state index in [4.69, 9.17) is 5.73 Å². The predicted octanol–water partition coefficient (Wildman–Crippen LogP) is 2.79. The van der Waals surface area contributed by atoms with Gasteiger partial charge in [-0.15, -0.1) is 35.1 Å². The molecule has 2 aromatic rings. The quantitative estimate of drug-likeness (QED) is 0.905. The largest absolute Gasteiger partial charge is 0.330 e. The Kier molecular flexibility index (Phi) is 4.54. The first-order valence-electron chi connectivity index (χ1n) is 4.08. The third kappa shape index (κ3) is 2.54. The summed E-state index contributed by atoms with van der Waals surface area (Å²) in [5.41, 5.74) is 6.56. The molecule has 2 N–H and O–H groups in total. The van der Waals surface area contributed by atoms with Crippen LogP contribution in [0, 0.1) is 0 Å². The van der Waals surface area contributed by atoms with Gasteiger partial charge in [-0.25, -0.2) is 4.98 Å². The van der Waals surface area contributed by atoms with Crippen LogP contribution in [-0.4, -0.2) is 11.5 Å². The van der Waals surface area contributed by atoms with Crippen LogP contribution < -0.4 is 5.73 Å². The second-order valence-electron chi connectivity index (χ2n) is 2.66. The van der Waals surface area contributed by atoms with Crippen LogP contribution in [0.5, 0.6) is 0 Å². The van der Waals surface area contributed by atoms with Gasteiger partial charge in [0.05, 0.1) is 10.6 Å². The Bertz CT molecular complexity index is 370. The van der Waals surface area contributed by atoms with Crippen molar-refractivity contribution in [2.75, 3.05) is 6.54 Å². The van der Waals surface area contributed by atoms with Crippen LogP contribution in [0.15, 0.2) is 22.9 Å². The summed E-state index contributed by atoms with van der Waals surface area (Å²) in [5.74, 6) is 0. The second-order valence-corrected chi connectivity index (χ2v) is 4.47. The van der Waals surface area contributed by atoms with Crippen LogP contribution in [0.3, 0.4) is 0 Å². The molecule has 5 heteroatoms. The number of hydrogen-bond acceptors (Lipinski definition) is 4. The zero-order valence-corrected chi connectivity index (χ0v) is 9.92. The number of nitrogens with two attached hydrogens (primary N) is 1. The lowest BCUT2D eigenvalue weighted by Crippen LogP contribution is -2.02. The van der Waals surface area contributed by atoms with Gasteiger partial charge in [-0.2, -0.15) is 0 Å². The van der Waals surface area contributed by atoms with Gasteiger partial charge >= 0.3 is 0 Å². The molecule has 0 aliphatic heterocycles. The fourth-order valence-electron chi connectivity index (χ4n) is 1.08. The van der Waals surface area contributed by atoms with E-state index in [1.807, 2.05) is 6.07 Å². The van der Waals surface area contributed by atoms with Crippen LogP contribution in [0.2, 0.25) is 0 Å². The second kappa shape index (κ2) is 5.46. The predicted molar refractivity (Wildman–Crippen MR) is 65.4 cm³/mol. The molecule has 0 bridgehead atoms. The van der Waals surface area contributed by atoms with E-state index >= 15 is 0 Å². The van der Waals surface area contributed by atoms with Gasteiger partial charge in [-0.3, -0.25) is 0 Å². The topological polar surface area (TPSA) is 38.9 Å². The highest BCUT2D eigenvalue weighted by molar-refractivity contribution is 7.20. The molecule has 2 rings (SSSR count). The minimum absolute atomic E-state index is 0. The number of rotatable bonds is 3. The first kappa shape index (κ1) is 11.7. The lowest BCUT2D eigenvalue weighted by atomic mass is 10.3. The van der Waals surface area contributed by atoms with Crippen molar-refractivity contribution in [2.24, 2.45) is 5.73 Å². The van der Waals surface area contributed by atoms with Gasteiger partial charge in [-0.05, 0) is 18.0 Å². The fraction of sp³-hybridized carbons (Fsp3) is 0.222. The molecule has 76 valence electrons. The van der Waals surface area contributed by atoms with Gasteiger partial charge in [-0.1, -0.05) is 6.07 Å². The van der Waals surface area contributed by atoms with Crippen LogP contribution in [0.1, 0.15) is 5.69 Å². The van der Waals surface area contributed by atoms with Crippen LogP contribution >= 0.6 is 35.1 Å². The number of halogens is 1. The van der Waals surface area contributed by atoms with E-state index in [1.165, 1.54) is 4.88 Å². The minimum Gasteiger partial charge on any atom is -0.330 e. The highest BCUT2D eigenvalue weighted by Gasteiger charge is 2.03. The van der Waals surface area contributed by atoms with Crippen molar-refractivity contribution in [3.8, 4) is 9.88 Å². The molecule has 0 saturated carbocycles. The molecular formula is C9H11ClN2S2.